The van der Waals surface area contributed by atoms with Crippen LogP contribution in [-0.2, 0) is 0 Å². The smallest absolute Gasteiger partial charge is 0.101 e. The van der Waals surface area contributed by atoms with Crippen LogP contribution in [0.1, 0.15) is 5.56 Å². The van der Waals surface area contributed by atoms with E-state index in [4.69, 9.17) is 5.73 Å². The zero-order chi connectivity index (χ0) is 14.7. The van der Waals surface area contributed by atoms with Gasteiger partial charge in [0, 0.05) is 32.4 Å². The SMILES string of the molecule is N#Cc1ccncc1N1CCN(c2ccccc2N)CC1. The standard InChI is InChI=1S/C16H17N5/c17-11-13-5-6-19-12-16(13)21-9-7-20(8-10-21)15-4-2-1-3-14(15)18/h1-6,12H,7-10,18H2. The molecule has 2 heterocycles. The summed E-state index contributed by atoms with van der Waals surface area (Å²) < 4.78 is 0. The minimum Gasteiger partial charge on any atom is -0.397 e. The number of rotatable bonds is 2. The molecule has 1 aliphatic heterocycles. The number of benzene rings is 1. The lowest BCUT2D eigenvalue weighted by atomic mass is 10.2. The second kappa shape index (κ2) is 5.71. The quantitative estimate of drug-likeness (QED) is 0.850. The van der Waals surface area contributed by atoms with Crippen LogP contribution in [0.4, 0.5) is 17.1 Å². The van der Waals surface area contributed by atoms with Crippen LogP contribution in [0.2, 0.25) is 0 Å². The van der Waals surface area contributed by atoms with Crippen molar-refractivity contribution in [1.82, 2.24) is 4.98 Å². The first kappa shape index (κ1) is 13.3. The number of anilines is 3. The van der Waals surface area contributed by atoms with E-state index in [9.17, 15) is 5.26 Å². The van der Waals surface area contributed by atoms with Crippen LogP contribution in [0.5, 0.6) is 0 Å². The van der Waals surface area contributed by atoms with Crippen LogP contribution in [0.25, 0.3) is 0 Å². The number of nitriles is 1. The van der Waals surface area contributed by atoms with Gasteiger partial charge in [0.2, 0.25) is 0 Å². The summed E-state index contributed by atoms with van der Waals surface area (Å²) >= 11 is 0. The van der Waals surface area contributed by atoms with Crippen LogP contribution in [0.3, 0.4) is 0 Å². The lowest BCUT2D eigenvalue weighted by Crippen LogP contribution is -2.47. The average Bonchev–Trinajstić information content (AvgIpc) is 2.55. The summed E-state index contributed by atoms with van der Waals surface area (Å²) in [6, 6.07) is 11.9. The number of pyridine rings is 1. The summed E-state index contributed by atoms with van der Waals surface area (Å²) in [4.78, 5) is 8.63. The fourth-order valence-corrected chi connectivity index (χ4v) is 2.70. The zero-order valence-corrected chi connectivity index (χ0v) is 11.7. The maximum atomic E-state index is 9.18. The largest absolute Gasteiger partial charge is 0.397 e. The summed E-state index contributed by atoms with van der Waals surface area (Å²) in [5, 5.41) is 9.18. The van der Waals surface area contributed by atoms with E-state index in [1.54, 1.807) is 18.5 Å². The summed E-state index contributed by atoms with van der Waals surface area (Å²) in [5.74, 6) is 0. The van der Waals surface area contributed by atoms with Crippen molar-refractivity contribution < 1.29 is 0 Å². The Morgan fingerprint density at radius 2 is 1.67 bits per heavy atom. The number of nitrogens with two attached hydrogens (primary N) is 1. The number of piperazine rings is 1. The van der Waals surface area contributed by atoms with Crippen LogP contribution in [0, 0.1) is 11.3 Å². The molecule has 0 unspecified atom stereocenters. The Labute approximate surface area is 124 Å². The number of nitrogens with zero attached hydrogens (tertiary/aromatic N) is 4. The van der Waals surface area contributed by atoms with E-state index in [1.165, 1.54) is 0 Å². The Balaban J connectivity index is 1.74. The van der Waals surface area contributed by atoms with Gasteiger partial charge in [0.15, 0.2) is 0 Å². The van der Waals surface area contributed by atoms with Gasteiger partial charge in [0.25, 0.3) is 0 Å². The Hall–Kier alpha value is -2.74. The third-order valence-electron chi connectivity index (χ3n) is 3.82. The molecule has 1 fully saturated rings. The second-order valence-electron chi connectivity index (χ2n) is 5.04. The van der Waals surface area contributed by atoms with Crippen LogP contribution in [-0.4, -0.2) is 31.2 Å². The Bertz CT molecular complexity index is 668. The van der Waals surface area contributed by atoms with Crippen molar-refractivity contribution in [3.63, 3.8) is 0 Å². The van der Waals surface area contributed by atoms with Crippen LogP contribution in [0.15, 0.2) is 42.7 Å². The van der Waals surface area contributed by atoms with E-state index < -0.39 is 0 Å². The summed E-state index contributed by atoms with van der Waals surface area (Å²) in [6.45, 7) is 3.48. The fourth-order valence-electron chi connectivity index (χ4n) is 2.70. The molecule has 5 nitrogen and oxygen atoms in total. The number of nitrogen functional groups attached to an aromatic ring is 1. The van der Waals surface area contributed by atoms with Gasteiger partial charge in [-0.3, -0.25) is 4.98 Å². The first-order valence-corrected chi connectivity index (χ1v) is 6.98. The van der Waals surface area contributed by atoms with E-state index in [1.807, 2.05) is 18.2 Å². The van der Waals surface area contributed by atoms with E-state index in [2.05, 4.69) is 26.9 Å². The lowest BCUT2D eigenvalue weighted by molar-refractivity contribution is 0.653. The molecule has 106 valence electrons. The first-order valence-electron chi connectivity index (χ1n) is 6.98. The molecule has 0 spiro atoms. The molecular weight excluding hydrogens is 262 g/mol. The predicted molar refractivity (Wildman–Crippen MR) is 84.2 cm³/mol. The molecular formula is C16H17N5. The topological polar surface area (TPSA) is 69.2 Å². The molecule has 2 N–H and O–H groups in total. The lowest BCUT2D eigenvalue weighted by Gasteiger charge is -2.37. The van der Waals surface area contributed by atoms with Crippen LogP contribution < -0.4 is 15.5 Å². The van der Waals surface area contributed by atoms with Crippen LogP contribution >= 0.6 is 0 Å². The molecule has 0 atom stereocenters. The van der Waals surface area contributed by atoms with Gasteiger partial charge in [-0.1, -0.05) is 12.1 Å². The van der Waals surface area contributed by atoms with E-state index >= 15 is 0 Å². The first-order chi connectivity index (χ1) is 10.3. The van der Waals surface area contributed by atoms with Crippen molar-refractivity contribution in [3.05, 3.63) is 48.3 Å². The predicted octanol–water partition coefficient (Wildman–Crippen LogP) is 1.86. The molecule has 21 heavy (non-hydrogen) atoms. The van der Waals surface area contributed by atoms with Crippen molar-refractivity contribution in [2.75, 3.05) is 41.7 Å². The van der Waals surface area contributed by atoms with Gasteiger partial charge >= 0.3 is 0 Å². The van der Waals surface area contributed by atoms with Gasteiger partial charge < -0.3 is 15.5 Å². The maximum absolute atomic E-state index is 9.18. The number of hydrogen-bond acceptors (Lipinski definition) is 5. The van der Waals surface area contributed by atoms with E-state index in [0.29, 0.717) is 5.56 Å². The van der Waals surface area contributed by atoms with E-state index in [0.717, 1.165) is 43.2 Å². The van der Waals surface area contributed by atoms with Crippen molar-refractivity contribution in [2.24, 2.45) is 0 Å². The van der Waals surface area contributed by atoms with Gasteiger partial charge in [-0.2, -0.15) is 5.26 Å². The minimum absolute atomic E-state index is 0.678. The highest BCUT2D eigenvalue weighted by atomic mass is 15.3. The average molecular weight is 279 g/mol. The molecule has 0 radical (unpaired) electrons. The molecule has 0 amide bonds. The maximum Gasteiger partial charge on any atom is 0.101 e. The summed E-state index contributed by atoms with van der Waals surface area (Å²) in [7, 11) is 0. The minimum atomic E-state index is 0.678. The Morgan fingerprint density at radius 3 is 2.33 bits per heavy atom. The third kappa shape index (κ3) is 2.61. The molecule has 1 aliphatic rings. The monoisotopic (exact) mass is 279 g/mol. The number of aromatic nitrogens is 1. The highest BCUT2D eigenvalue weighted by Gasteiger charge is 2.20. The molecule has 0 bridgehead atoms. The van der Waals surface area contributed by atoms with Crippen molar-refractivity contribution in [3.8, 4) is 6.07 Å². The summed E-state index contributed by atoms with van der Waals surface area (Å²) in [6.07, 6.45) is 3.42. The zero-order valence-electron chi connectivity index (χ0n) is 11.7. The molecule has 1 aromatic heterocycles. The molecule has 3 rings (SSSR count). The molecule has 0 saturated carbocycles. The second-order valence-corrected chi connectivity index (χ2v) is 5.04. The van der Waals surface area contributed by atoms with Crippen molar-refractivity contribution in [2.45, 2.75) is 0 Å². The summed E-state index contributed by atoms with van der Waals surface area (Å²) in [5.41, 5.74) is 9.53. The van der Waals surface area contributed by atoms with Gasteiger partial charge in [-0.25, -0.2) is 0 Å². The van der Waals surface area contributed by atoms with Gasteiger partial charge in [0.05, 0.1) is 28.8 Å². The molecule has 1 aromatic carbocycles. The van der Waals surface area contributed by atoms with Gasteiger partial charge in [0.1, 0.15) is 6.07 Å². The van der Waals surface area contributed by atoms with Crippen molar-refractivity contribution in [1.29, 1.82) is 5.26 Å². The Kier molecular flexibility index (Phi) is 3.61. The highest BCUT2D eigenvalue weighted by molar-refractivity contribution is 5.68. The van der Waals surface area contributed by atoms with Gasteiger partial charge in [-0.15, -0.1) is 0 Å². The van der Waals surface area contributed by atoms with Crippen molar-refractivity contribution >= 4 is 17.1 Å². The molecule has 5 heteroatoms. The number of hydrogen-bond donors (Lipinski definition) is 1. The van der Waals surface area contributed by atoms with Gasteiger partial charge in [-0.05, 0) is 18.2 Å². The van der Waals surface area contributed by atoms with E-state index in [-0.39, 0.29) is 0 Å². The molecule has 2 aromatic rings. The molecule has 0 aliphatic carbocycles. The third-order valence-corrected chi connectivity index (χ3v) is 3.82. The Morgan fingerprint density at radius 1 is 1.00 bits per heavy atom. The fraction of sp³-hybridized carbons (Fsp3) is 0.250. The molecule has 1 saturated heterocycles. The highest BCUT2D eigenvalue weighted by Crippen LogP contribution is 2.26. The number of para-hydroxylation sites is 2. The normalized spacial score (nSPS) is 14.8.